The fourth-order valence-electron chi connectivity index (χ4n) is 4.77. The van der Waals surface area contributed by atoms with Crippen LogP contribution in [0.2, 0.25) is 0 Å². The Morgan fingerprint density at radius 2 is 1.23 bits per heavy atom. The van der Waals surface area contributed by atoms with Crippen LogP contribution < -0.4 is 9.47 Å². The molecule has 0 fully saturated rings. The van der Waals surface area contributed by atoms with Gasteiger partial charge in [-0.15, -0.1) is 0 Å². The van der Waals surface area contributed by atoms with Crippen LogP contribution in [0, 0.1) is 11.8 Å². The summed E-state index contributed by atoms with van der Waals surface area (Å²) in [6.07, 6.45) is 9.71. The van der Waals surface area contributed by atoms with Crippen molar-refractivity contribution < 1.29 is 14.3 Å². The van der Waals surface area contributed by atoms with Crippen molar-refractivity contribution >= 4 is 43.8 Å². The molecule has 0 aliphatic carbocycles. The third kappa shape index (κ3) is 7.22. The second-order valence-electron chi connectivity index (χ2n) is 9.85. The first kappa shape index (κ1) is 28.7. The standard InChI is InChI=1S/C35H37BrO3/c1-3-5-7-13-21-38-33-24-27(25-37)34(39-22-14-8-6-4-2)23-26(33)19-20-30-28-15-9-11-17-31(28)35(36)32-18-12-10-16-29(30)32/h9-12,15-18,23-25H,3-8,13-14,21-22H2,1-2H3. The normalized spacial score (nSPS) is 10.8. The Labute approximate surface area is 241 Å². The van der Waals surface area contributed by atoms with E-state index in [9.17, 15) is 4.79 Å². The van der Waals surface area contributed by atoms with Gasteiger partial charge in [-0.3, -0.25) is 4.79 Å². The molecule has 0 atom stereocenters. The zero-order valence-corrected chi connectivity index (χ0v) is 24.6. The van der Waals surface area contributed by atoms with Crippen LogP contribution in [-0.2, 0) is 0 Å². The van der Waals surface area contributed by atoms with E-state index < -0.39 is 0 Å². The quantitative estimate of drug-likeness (QED) is 0.0678. The van der Waals surface area contributed by atoms with E-state index in [0.29, 0.717) is 30.3 Å². The summed E-state index contributed by atoms with van der Waals surface area (Å²) in [6, 6.07) is 20.3. The topological polar surface area (TPSA) is 35.5 Å². The van der Waals surface area contributed by atoms with E-state index in [0.717, 1.165) is 69.1 Å². The van der Waals surface area contributed by atoms with E-state index in [1.807, 2.05) is 30.3 Å². The first-order valence-electron chi connectivity index (χ1n) is 14.2. The maximum atomic E-state index is 12.0. The van der Waals surface area contributed by atoms with E-state index in [4.69, 9.17) is 9.47 Å². The molecule has 39 heavy (non-hydrogen) atoms. The lowest BCUT2D eigenvalue weighted by atomic mass is 9.96. The highest BCUT2D eigenvalue weighted by molar-refractivity contribution is 9.10. The van der Waals surface area contributed by atoms with E-state index in [1.54, 1.807) is 6.07 Å². The largest absolute Gasteiger partial charge is 0.493 e. The van der Waals surface area contributed by atoms with Crippen molar-refractivity contribution in [3.05, 3.63) is 81.8 Å². The molecule has 0 aliphatic heterocycles. The molecule has 0 aliphatic rings. The second kappa shape index (κ2) is 14.8. The minimum atomic E-state index is 0.499. The molecular weight excluding hydrogens is 548 g/mol. The van der Waals surface area contributed by atoms with Crippen LogP contribution in [0.1, 0.15) is 86.7 Å². The number of fused-ring (bicyclic) bond motifs is 2. The zero-order chi connectivity index (χ0) is 27.5. The SMILES string of the molecule is CCCCCCOc1cc(C=O)c(OCCCCCC)cc1C#Cc1c2ccccc2c(Br)c2ccccc12. The number of hydrogen-bond acceptors (Lipinski definition) is 3. The van der Waals surface area contributed by atoms with Crippen LogP contribution in [0.3, 0.4) is 0 Å². The van der Waals surface area contributed by atoms with Gasteiger partial charge in [0.1, 0.15) is 11.5 Å². The molecule has 0 amide bonds. The second-order valence-corrected chi connectivity index (χ2v) is 10.6. The van der Waals surface area contributed by atoms with Crippen molar-refractivity contribution in [2.45, 2.75) is 65.2 Å². The monoisotopic (exact) mass is 584 g/mol. The Hall–Kier alpha value is -3.29. The molecule has 0 saturated heterocycles. The fraction of sp³-hybridized carbons (Fsp3) is 0.343. The van der Waals surface area contributed by atoms with Crippen molar-refractivity contribution in [1.29, 1.82) is 0 Å². The predicted molar refractivity (Wildman–Crippen MR) is 166 cm³/mol. The van der Waals surface area contributed by atoms with Gasteiger partial charge in [-0.2, -0.15) is 0 Å². The van der Waals surface area contributed by atoms with E-state index in [-0.39, 0.29) is 0 Å². The summed E-state index contributed by atoms with van der Waals surface area (Å²) < 4.78 is 13.3. The smallest absolute Gasteiger partial charge is 0.153 e. The van der Waals surface area contributed by atoms with E-state index in [2.05, 4.69) is 65.9 Å². The first-order chi connectivity index (χ1) is 19.2. The molecule has 0 unspecified atom stereocenters. The van der Waals surface area contributed by atoms with Gasteiger partial charge in [0, 0.05) is 16.1 Å². The zero-order valence-electron chi connectivity index (χ0n) is 23.0. The Bertz CT molecular complexity index is 1420. The molecule has 0 N–H and O–H groups in total. The number of unbranched alkanes of at least 4 members (excludes halogenated alkanes) is 6. The minimum Gasteiger partial charge on any atom is -0.493 e. The summed E-state index contributed by atoms with van der Waals surface area (Å²) in [5.74, 6) is 8.08. The molecule has 0 radical (unpaired) electrons. The summed E-state index contributed by atoms with van der Waals surface area (Å²) in [7, 11) is 0. The van der Waals surface area contributed by atoms with E-state index in [1.165, 1.54) is 25.7 Å². The molecular formula is C35H37BrO3. The van der Waals surface area contributed by atoms with Gasteiger partial charge in [-0.05, 0) is 56.4 Å². The molecule has 4 aromatic carbocycles. The Balaban J connectivity index is 1.76. The van der Waals surface area contributed by atoms with Crippen LogP contribution in [0.4, 0.5) is 0 Å². The number of ether oxygens (including phenoxy) is 2. The Kier molecular flexibility index (Phi) is 10.9. The third-order valence-corrected chi connectivity index (χ3v) is 7.79. The van der Waals surface area contributed by atoms with Gasteiger partial charge in [0.15, 0.2) is 6.29 Å². The fourth-order valence-corrected chi connectivity index (χ4v) is 5.46. The van der Waals surface area contributed by atoms with Crippen molar-refractivity contribution in [3.8, 4) is 23.3 Å². The molecule has 3 nitrogen and oxygen atoms in total. The molecule has 0 heterocycles. The van der Waals surface area contributed by atoms with E-state index >= 15 is 0 Å². The van der Waals surface area contributed by atoms with Crippen LogP contribution >= 0.6 is 15.9 Å². The lowest BCUT2D eigenvalue weighted by Crippen LogP contribution is -2.04. The number of aldehydes is 1. The number of carbonyl (C=O) groups is 1. The van der Waals surface area contributed by atoms with Crippen molar-refractivity contribution in [2.24, 2.45) is 0 Å². The van der Waals surface area contributed by atoms with Gasteiger partial charge in [0.2, 0.25) is 0 Å². The molecule has 4 heteroatoms. The number of hydrogen-bond donors (Lipinski definition) is 0. The Morgan fingerprint density at radius 1 is 0.692 bits per heavy atom. The van der Waals surface area contributed by atoms with Crippen LogP contribution in [0.5, 0.6) is 11.5 Å². The molecule has 0 bridgehead atoms. The maximum Gasteiger partial charge on any atom is 0.153 e. The van der Waals surface area contributed by atoms with Gasteiger partial charge in [-0.25, -0.2) is 0 Å². The van der Waals surface area contributed by atoms with Gasteiger partial charge in [-0.1, -0.05) is 113 Å². The summed E-state index contributed by atoms with van der Waals surface area (Å²) in [4.78, 5) is 12.0. The third-order valence-electron chi connectivity index (χ3n) is 6.94. The highest BCUT2D eigenvalue weighted by atomic mass is 79.9. The maximum absolute atomic E-state index is 12.0. The molecule has 202 valence electrons. The Morgan fingerprint density at radius 3 is 1.77 bits per heavy atom. The molecule has 4 aromatic rings. The van der Waals surface area contributed by atoms with Crippen LogP contribution in [0.15, 0.2) is 65.1 Å². The van der Waals surface area contributed by atoms with Gasteiger partial charge in [0.05, 0.1) is 24.3 Å². The molecule has 0 aromatic heterocycles. The highest BCUT2D eigenvalue weighted by Crippen LogP contribution is 2.36. The summed E-state index contributed by atoms with van der Waals surface area (Å²) in [5, 5.41) is 4.43. The first-order valence-corrected chi connectivity index (χ1v) is 15.0. The van der Waals surface area contributed by atoms with Gasteiger partial charge in [0.25, 0.3) is 0 Å². The summed E-state index contributed by atoms with van der Waals surface area (Å²) in [5.41, 5.74) is 2.20. The van der Waals surface area contributed by atoms with Crippen molar-refractivity contribution in [1.82, 2.24) is 0 Å². The number of benzene rings is 4. The average Bonchev–Trinajstić information content (AvgIpc) is 2.97. The lowest BCUT2D eigenvalue weighted by Gasteiger charge is -2.14. The van der Waals surface area contributed by atoms with Gasteiger partial charge >= 0.3 is 0 Å². The van der Waals surface area contributed by atoms with Gasteiger partial charge < -0.3 is 9.47 Å². The molecule has 4 rings (SSSR count). The summed E-state index contributed by atoms with van der Waals surface area (Å²) in [6.45, 7) is 5.55. The number of rotatable bonds is 13. The number of halogens is 1. The highest BCUT2D eigenvalue weighted by Gasteiger charge is 2.13. The lowest BCUT2D eigenvalue weighted by molar-refractivity contribution is 0.111. The minimum absolute atomic E-state index is 0.499. The van der Waals surface area contributed by atoms with Crippen LogP contribution in [0.25, 0.3) is 21.5 Å². The van der Waals surface area contributed by atoms with Crippen molar-refractivity contribution in [2.75, 3.05) is 13.2 Å². The average molecular weight is 586 g/mol. The van der Waals surface area contributed by atoms with Crippen molar-refractivity contribution in [3.63, 3.8) is 0 Å². The predicted octanol–water partition coefficient (Wildman–Crippen LogP) is 9.89. The van der Waals surface area contributed by atoms with Crippen LogP contribution in [-0.4, -0.2) is 19.5 Å². The molecule has 0 spiro atoms. The number of carbonyl (C=O) groups excluding carboxylic acids is 1. The summed E-state index contributed by atoms with van der Waals surface area (Å²) >= 11 is 3.82. The molecule has 0 saturated carbocycles.